The zero-order chi connectivity index (χ0) is 12.2. The molecular formula is C9H4O7S. The Morgan fingerprint density at radius 2 is 1.82 bits per heavy atom. The molecule has 0 bridgehead atoms. The number of fused-ring (bicyclic) bond motifs is 3. The van der Waals surface area contributed by atoms with Crippen LogP contribution in [-0.2, 0) is 10.4 Å². The van der Waals surface area contributed by atoms with Crippen LogP contribution in [0.3, 0.4) is 0 Å². The lowest BCUT2D eigenvalue weighted by atomic mass is 10.2. The van der Waals surface area contributed by atoms with Gasteiger partial charge in [-0.2, -0.15) is 0 Å². The lowest BCUT2D eigenvalue weighted by Crippen LogP contribution is -2.10. The van der Waals surface area contributed by atoms with Gasteiger partial charge >= 0.3 is 16.0 Å². The average Bonchev–Trinajstić information content (AvgIpc) is 2.54. The molecule has 1 aromatic carbocycles. The van der Waals surface area contributed by atoms with Gasteiger partial charge in [0.25, 0.3) is 5.75 Å². The van der Waals surface area contributed by atoms with Gasteiger partial charge in [-0.25, -0.2) is 4.79 Å². The lowest BCUT2D eigenvalue weighted by Gasteiger charge is -1.99. The minimum Gasteiger partial charge on any atom is -0.508 e. The van der Waals surface area contributed by atoms with Crippen molar-refractivity contribution in [1.82, 2.24) is 0 Å². The zero-order valence-electron chi connectivity index (χ0n) is 8.04. The normalized spacial score (nSPS) is 16.2. The van der Waals surface area contributed by atoms with Crippen molar-refractivity contribution in [1.29, 1.82) is 0 Å². The number of phenolic OH excluding ortho intramolecular Hbond substituents is 1. The summed E-state index contributed by atoms with van der Waals surface area (Å²) in [5.74, 6) is -0.859. The van der Waals surface area contributed by atoms with Crippen LogP contribution >= 0.6 is 0 Å². The number of aromatic hydroxyl groups is 1. The van der Waals surface area contributed by atoms with Gasteiger partial charge in [-0.05, 0) is 12.1 Å². The molecule has 2 heterocycles. The van der Waals surface area contributed by atoms with Crippen LogP contribution < -0.4 is 14.0 Å². The molecule has 3 rings (SSSR count). The van der Waals surface area contributed by atoms with Gasteiger partial charge < -0.3 is 17.9 Å². The van der Waals surface area contributed by atoms with Gasteiger partial charge in [-0.1, -0.05) is 0 Å². The minimum absolute atomic E-state index is 0.00875. The van der Waals surface area contributed by atoms with Crippen LogP contribution in [0.25, 0.3) is 11.0 Å². The molecule has 7 nitrogen and oxygen atoms in total. The first kappa shape index (κ1) is 9.97. The van der Waals surface area contributed by atoms with Crippen molar-refractivity contribution in [2.24, 2.45) is 0 Å². The fraction of sp³-hybridized carbons (Fsp3) is 0. The molecule has 2 aromatic rings. The summed E-state index contributed by atoms with van der Waals surface area (Å²) >= 11 is 0. The summed E-state index contributed by atoms with van der Waals surface area (Å²) in [4.78, 5) is 11.4. The first-order valence-electron chi connectivity index (χ1n) is 4.40. The van der Waals surface area contributed by atoms with Gasteiger partial charge in [0.15, 0.2) is 0 Å². The maximum Gasteiger partial charge on any atom is 0.501 e. The van der Waals surface area contributed by atoms with E-state index in [4.69, 9.17) is 4.42 Å². The molecule has 0 fully saturated rings. The Morgan fingerprint density at radius 3 is 2.59 bits per heavy atom. The number of rotatable bonds is 0. The highest BCUT2D eigenvalue weighted by Gasteiger charge is 2.34. The van der Waals surface area contributed by atoms with E-state index < -0.39 is 21.8 Å². The molecule has 0 amide bonds. The van der Waals surface area contributed by atoms with Crippen molar-refractivity contribution in [2.45, 2.75) is 0 Å². The van der Waals surface area contributed by atoms with Crippen molar-refractivity contribution in [3.8, 4) is 17.2 Å². The molecule has 1 aliphatic heterocycles. The van der Waals surface area contributed by atoms with E-state index in [1.165, 1.54) is 18.2 Å². The van der Waals surface area contributed by atoms with Crippen molar-refractivity contribution in [3.63, 3.8) is 0 Å². The number of hydrogen-bond acceptors (Lipinski definition) is 7. The zero-order valence-corrected chi connectivity index (χ0v) is 8.85. The van der Waals surface area contributed by atoms with E-state index in [0.717, 1.165) is 0 Å². The van der Waals surface area contributed by atoms with E-state index in [1.54, 1.807) is 0 Å². The van der Waals surface area contributed by atoms with E-state index in [2.05, 4.69) is 8.37 Å². The molecule has 1 aromatic heterocycles. The number of benzene rings is 1. The maximum atomic E-state index is 11.4. The van der Waals surface area contributed by atoms with Crippen LogP contribution in [0.2, 0.25) is 0 Å². The van der Waals surface area contributed by atoms with Gasteiger partial charge in [0.2, 0.25) is 5.75 Å². The largest absolute Gasteiger partial charge is 0.508 e. The Balaban J connectivity index is 2.46. The maximum absolute atomic E-state index is 11.4. The van der Waals surface area contributed by atoms with E-state index >= 15 is 0 Å². The molecule has 1 N–H and O–H groups in total. The Hall–Kier alpha value is -2.22. The Labute approximate surface area is 94.1 Å². The van der Waals surface area contributed by atoms with E-state index in [9.17, 15) is 18.3 Å². The van der Waals surface area contributed by atoms with E-state index in [1.807, 2.05) is 0 Å². The van der Waals surface area contributed by atoms with E-state index in [0.29, 0.717) is 0 Å². The molecule has 0 atom stereocenters. The Bertz CT molecular complexity index is 787. The monoisotopic (exact) mass is 256 g/mol. The summed E-state index contributed by atoms with van der Waals surface area (Å²) in [6, 6.07) is 3.83. The lowest BCUT2D eigenvalue weighted by molar-refractivity contribution is 0.431. The van der Waals surface area contributed by atoms with Crippen LogP contribution in [0.5, 0.6) is 17.2 Å². The first-order valence-corrected chi connectivity index (χ1v) is 5.73. The minimum atomic E-state index is -4.25. The second-order valence-corrected chi connectivity index (χ2v) is 4.45. The molecular weight excluding hydrogens is 252 g/mol. The summed E-state index contributed by atoms with van der Waals surface area (Å²) in [6.45, 7) is 0. The van der Waals surface area contributed by atoms with Crippen molar-refractivity contribution in [2.75, 3.05) is 0 Å². The first-order chi connectivity index (χ1) is 7.96. The van der Waals surface area contributed by atoms with Gasteiger partial charge in [0, 0.05) is 6.07 Å². The summed E-state index contributed by atoms with van der Waals surface area (Å²) in [6.07, 6.45) is 0. The van der Waals surface area contributed by atoms with Crippen molar-refractivity contribution >= 4 is 21.4 Å². The summed E-state index contributed by atoms with van der Waals surface area (Å²) in [5.41, 5.74) is -0.978. The van der Waals surface area contributed by atoms with Crippen LogP contribution in [-0.4, -0.2) is 13.5 Å². The number of hydrogen-bond donors (Lipinski definition) is 1. The molecule has 1 aliphatic rings. The highest BCUT2D eigenvalue weighted by Crippen LogP contribution is 2.39. The molecule has 0 aliphatic carbocycles. The molecule has 0 saturated carbocycles. The fourth-order valence-corrected chi connectivity index (χ4v) is 2.27. The Morgan fingerprint density at radius 1 is 1.12 bits per heavy atom. The summed E-state index contributed by atoms with van der Waals surface area (Å²) in [7, 11) is -4.25. The smallest absolute Gasteiger partial charge is 0.501 e. The SMILES string of the molecule is O=c1oc2cc(O)ccc2c2c1OS(=O)(=O)O2. The van der Waals surface area contributed by atoms with Gasteiger partial charge in [-0.3, -0.25) is 0 Å². The van der Waals surface area contributed by atoms with Gasteiger partial charge in [0.1, 0.15) is 11.3 Å². The van der Waals surface area contributed by atoms with Crippen molar-refractivity contribution in [3.05, 3.63) is 28.6 Å². The third kappa shape index (κ3) is 1.41. The van der Waals surface area contributed by atoms with Gasteiger partial charge in [-0.15, -0.1) is 8.42 Å². The Kier molecular flexibility index (Phi) is 1.71. The predicted molar refractivity (Wildman–Crippen MR) is 54.3 cm³/mol. The second kappa shape index (κ2) is 2.92. The van der Waals surface area contributed by atoms with Crippen molar-refractivity contribution < 1.29 is 26.3 Å². The third-order valence-electron chi connectivity index (χ3n) is 2.17. The quantitative estimate of drug-likeness (QED) is 0.685. The van der Waals surface area contributed by atoms with Gasteiger partial charge in [0.05, 0.1) is 5.39 Å². The summed E-state index contributed by atoms with van der Waals surface area (Å²) in [5, 5.41) is 9.44. The average molecular weight is 256 g/mol. The van der Waals surface area contributed by atoms with Crippen LogP contribution in [0.4, 0.5) is 0 Å². The molecule has 0 unspecified atom stereocenters. The number of phenols is 1. The molecule has 88 valence electrons. The molecule has 0 spiro atoms. The van der Waals surface area contributed by atoms with Crippen LogP contribution in [0.1, 0.15) is 0 Å². The standard InChI is InChI=1S/C9H4O7S/c10-4-1-2-5-6(3-4)14-9(11)8-7(5)15-17(12,13)16-8/h1-3,10H. The fourth-order valence-electron chi connectivity index (χ4n) is 1.52. The van der Waals surface area contributed by atoms with E-state index in [-0.39, 0.29) is 22.5 Å². The van der Waals surface area contributed by atoms with Crippen LogP contribution in [0, 0.1) is 0 Å². The second-order valence-electron chi connectivity index (χ2n) is 3.30. The predicted octanol–water partition coefficient (Wildman–Crippen LogP) is 0.515. The molecule has 0 saturated heterocycles. The molecule has 8 heteroatoms. The highest BCUT2D eigenvalue weighted by molar-refractivity contribution is 7.82. The van der Waals surface area contributed by atoms with Crippen LogP contribution in [0.15, 0.2) is 27.4 Å². The third-order valence-corrected chi connectivity index (χ3v) is 2.92. The highest BCUT2D eigenvalue weighted by atomic mass is 32.3. The topological polar surface area (TPSA) is 103 Å². The molecule has 17 heavy (non-hydrogen) atoms. The molecule has 0 radical (unpaired) electrons. The summed E-state index contributed by atoms with van der Waals surface area (Å²) < 4.78 is 35.8.